The molecule has 2 aromatic carbocycles. The summed E-state index contributed by atoms with van der Waals surface area (Å²) >= 11 is 0.656. The van der Waals surface area contributed by atoms with Crippen LogP contribution in [0.5, 0.6) is 0 Å². The molecule has 3 rings (SSSR count). The summed E-state index contributed by atoms with van der Waals surface area (Å²) in [5.41, 5.74) is 0.0629. The average Bonchev–Trinajstić information content (AvgIpc) is 2.97. The Hall–Kier alpha value is -2.94. The number of benzene rings is 2. The minimum atomic E-state index is -1.21. The molecule has 0 saturated carbocycles. The molecule has 5 nitrogen and oxygen atoms in total. The fraction of sp³-hybridized carbons (Fsp3) is 0.167. The fourth-order valence-corrected chi connectivity index (χ4v) is 3.76. The molecule has 0 bridgehead atoms. The summed E-state index contributed by atoms with van der Waals surface area (Å²) in [5, 5.41) is 9.48. The van der Waals surface area contributed by atoms with Gasteiger partial charge in [0.05, 0.1) is 10.2 Å². The number of thiazole rings is 1. The van der Waals surface area contributed by atoms with Crippen LogP contribution in [0.4, 0.5) is 13.2 Å². The number of halogens is 3. The summed E-state index contributed by atoms with van der Waals surface area (Å²) in [5.74, 6) is -4.91. The number of aliphatic carboxylic acids is 1. The lowest BCUT2D eigenvalue weighted by Gasteiger charge is -2.13. The summed E-state index contributed by atoms with van der Waals surface area (Å²) < 4.78 is 42.1. The number of carbonyl (C=O) groups excluding carboxylic acids is 1. The van der Waals surface area contributed by atoms with Gasteiger partial charge in [-0.3, -0.25) is 4.79 Å². The Morgan fingerprint density at radius 1 is 1.22 bits per heavy atom. The van der Waals surface area contributed by atoms with Gasteiger partial charge in [-0.25, -0.2) is 18.0 Å². The molecule has 0 fully saturated rings. The van der Waals surface area contributed by atoms with Gasteiger partial charge in [0, 0.05) is 5.56 Å². The molecule has 1 amide bonds. The van der Waals surface area contributed by atoms with Crippen molar-refractivity contribution >= 4 is 33.4 Å². The number of carbonyl (C=O) groups is 2. The van der Waals surface area contributed by atoms with Crippen molar-refractivity contribution in [2.75, 3.05) is 0 Å². The van der Waals surface area contributed by atoms with Crippen LogP contribution in [0.3, 0.4) is 0 Å². The molecular formula is C18H13F3N2O3S. The monoisotopic (exact) mass is 394 g/mol. The second-order valence-electron chi connectivity index (χ2n) is 5.65. The largest absolute Gasteiger partial charge is 0.480 e. The Balaban J connectivity index is 2.29. The molecule has 0 saturated heterocycles. The SMILES string of the molecule is CCC(C(=O)O)n1c(=NC(=O)c2cccc(F)c2)sc2c(F)c(F)ccc21. The van der Waals surface area contributed by atoms with Gasteiger partial charge in [0.2, 0.25) is 0 Å². The summed E-state index contributed by atoms with van der Waals surface area (Å²) in [7, 11) is 0. The molecule has 140 valence electrons. The van der Waals surface area contributed by atoms with E-state index < -0.39 is 35.4 Å². The van der Waals surface area contributed by atoms with Crippen molar-refractivity contribution in [1.29, 1.82) is 0 Å². The Bertz CT molecular complexity index is 1120. The molecule has 0 aliphatic heterocycles. The quantitative estimate of drug-likeness (QED) is 0.730. The van der Waals surface area contributed by atoms with Gasteiger partial charge in [-0.05, 0) is 36.8 Å². The van der Waals surface area contributed by atoms with Crippen molar-refractivity contribution in [3.8, 4) is 0 Å². The third-order valence-electron chi connectivity index (χ3n) is 3.94. The van der Waals surface area contributed by atoms with Crippen molar-refractivity contribution < 1.29 is 27.9 Å². The van der Waals surface area contributed by atoms with Crippen LogP contribution in [0.25, 0.3) is 10.2 Å². The Morgan fingerprint density at radius 3 is 2.59 bits per heavy atom. The van der Waals surface area contributed by atoms with E-state index in [0.717, 1.165) is 18.2 Å². The summed E-state index contributed by atoms with van der Waals surface area (Å²) in [6.45, 7) is 1.60. The van der Waals surface area contributed by atoms with Crippen LogP contribution in [0, 0.1) is 17.5 Å². The van der Waals surface area contributed by atoms with E-state index in [1.54, 1.807) is 6.92 Å². The predicted molar refractivity (Wildman–Crippen MR) is 93.0 cm³/mol. The van der Waals surface area contributed by atoms with Crippen molar-refractivity contribution in [2.24, 2.45) is 4.99 Å². The van der Waals surface area contributed by atoms with Gasteiger partial charge < -0.3 is 9.67 Å². The highest BCUT2D eigenvalue weighted by atomic mass is 32.1. The number of aromatic nitrogens is 1. The van der Waals surface area contributed by atoms with E-state index in [9.17, 15) is 27.9 Å². The first-order valence-electron chi connectivity index (χ1n) is 7.90. The Labute approximate surface area is 155 Å². The lowest BCUT2D eigenvalue weighted by molar-refractivity contribution is -0.140. The van der Waals surface area contributed by atoms with Crippen LogP contribution in [-0.2, 0) is 4.79 Å². The number of hydrogen-bond donors (Lipinski definition) is 1. The van der Waals surface area contributed by atoms with Gasteiger partial charge in [-0.1, -0.05) is 24.3 Å². The Morgan fingerprint density at radius 2 is 1.96 bits per heavy atom. The highest BCUT2D eigenvalue weighted by Gasteiger charge is 2.24. The normalized spacial score (nSPS) is 13.1. The predicted octanol–water partition coefficient (Wildman–Crippen LogP) is 3.90. The van der Waals surface area contributed by atoms with Crippen molar-refractivity contribution in [2.45, 2.75) is 19.4 Å². The van der Waals surface area contributed by atoms with E-state index in [0.29, 0.717) is 11.3 Å². The van der Waals surface area contributed by atoms with Gasteiger partial charge in [-0.15, -0.1) is 0 Å². The lowest BCUT2D eigenvalue weighted by atomic mass is 10.2. The number of carboxylic acids is 1. The van der Waals surface area contributed by atoms with E-state index in [4.69, 9.17) is 0 Å². The van der Waals surface area contributed by atoms with Crippen LogP contribution in [0.15, 0.2) is 41.4 Å². The first-order chi connectivity index (χ1) is 12.8. The zero-order chi connectivity index (χ0) is 19.7. The zero-order valence-corrected chi connectivity index (χ0v) is 14.8. The number of hydrogen-bond acceptors (Lipinski definition) is 3. The molecule has 9 heteroatoms. The second kappa shape index (κ2) is 7.36. The third kappa shape index (κ3) is 3.50. The first kappa shape index (κ1) is 18.8. The standard InChI is InChI=1S/C18H13F3N2O3S/c1-2-12(17(25)26)23-13-7-6-11(20)14(21)15(13)27-18(23)22-16(24)9-4-3-5-10(19)8-9/h3-8,12H,2H2,1H3,(H,25,26). The maximum atomic E-state index is 14.2. The minimum Gasteiger partial charge on any atom is -0.480 e. The fourth-order valence-electron chi connectivity index (χ4n) is 2.67. The van der Waals surface area contributed by atoms with Crippen LogP contribution in [0.1, 0.15) is 29.7 Å². The maximum Gasteiger partial charge on any atom is 0.326 e. The van der Waals surface area contributed by atoms with Crippen LogP contribution >= 0.6 is 11.3 Å². The van der Waals surface area contributed by atoms with Crippen molar-refractivity contribution in [3.63, 3.8) is 0 Å². The first-order valence-corrected chi connectivity index (χ1v) is 8.71. The van der Waals surface area contributed by atoms with E-state index >= 15 is 0 Å². The van der Waals surface area contributed by atoms with Crippen LogP contribution < -0.4 is 4.80 Å². The van der Waals surface area contributed by atoms with Crippen molar-refractivity contribution in [3.05, 3.63) is 64.2 Å². The molecular weight excluding hydrogens is 381 g/mol. The maximum absolute atomic E-state index is 14.2. The lowest BCUT2D eigenvalue weighted by Crippen LogP contribution is -2.27. The number of fused-ring (bicyclic) bond motifs is 1. The van der Waals surface area contributed by atoms with E-state index in [-0.39, 0.29) is 27.0 Å². The highest BCUT2D eigenvalue weighted by molar-refractivity contribution is 7.16. The molecule has 1 N–H and O–H groups in total. The smallest absolute Gasteiger partial charge is 0.326 e. The molecule has 27 heavy (non-hydrogen) atoms. The third-order valence-corrected chi connectivity index (χ3v) is 5.00. The number of rotatable bonds is 4. The van der Waals surface area contributed by atoms with Gasteiger partial charge in [0.15, 0.2) is 16.4 Å². The molecule has 0 aliphatic carbocycles. The highest BCUT2D eigenvalue weighted by Crippen LogP contribution is 2.26. The summed E-state index contributed by atoms with van der Waals surface area (Å²) in [4.78, 5) is 27.7. The number of amides is 1. The van der Waals surface area contributed by atoms with Gasteiger partial charge >= 0.3 is 5.97 Å². The number of nitrogens with zero attached hydrogens (tertiary/aromatic N) is 2. The molecule has 1 aromatic heterocycles. The van der Waals surface area contributed by atoms with Crippen LogP contribution in [-0.4, -0.2) is 21.6 Å². The molecule has 3 aromatic rings. The summed E-state index contributed by atoms with van der Waals surface area (Å²) in [6.07, 6.45) is 0.126. The number of carboxylic acid groups (broad SMARTS) is 1. The van der Waals surface area contributed by atoms with Crippen LogP contribution in [0.2, 0.25) is 0 Å². The zero-order valence-electron chi connectivity index (χ0n) is 13.9. The molecule has 1 atom stereocenters. The van der Waals surface area contributed by atoms with E-state index in [2.05, 4.69) is 4.99 Å². The molecule has 1 unspecified atom stereocenters. The molecule has 0 spiro atoms. The van der Waals surface area contributed by atoms with Crippen molar-refractivity contribution in [1.82, 2.24) is 4.57 Å². The molecule has 1 heterocycles. The molecule has 0 radical (unpaired) electrons. The molecule has 0 aliphatic rings. The van der Waals surface area contributed by atoms with Gasteiger partial charge in [0.25, 0.3) is 5.91 Å². The average molecular weight is 394 g/mol. The summed E-state index contributed by atoms with van der Waals surface area (Å²) in [6, 6.07) is 5.81. The second-order valence-corrected chi connectivity index (χ2v) is 6.63. The topological polar surface area (TPSA) is 71.7 Å². The van der Waals surface area contributed by atoms with E-state index in [1.165, 1.54) is 22.8 Å². The van der Waals surface area contributed by atoms with Gasteiger partial charge in [0.1, 0.15) is 11.9 Å². The van der Waals surface area contributed by atoms with E-state index in [1.807, 2.05) is 0 Å². The Kier molecular flexibility index (Phi) is 5.13. The van der Waals surface area contributed by atoms with Gasteiger partial charge in [-0.2, -0.15) is 4.99 Å². The minimum absolute atomic E-state index is 0.0472.